The Morgan fingerprint density at radius 2 is 2.04 bits per heavy atom. The first-order valence-corrected chi connectivity index (χ1v) is 9.98. The van der Waals surface area contributed by atoms with Crippen molar-refractivity contribution in [2.45, 2.75) is 44.9 Å². The van der Waals surface area contributed by atoms with Gasteiger partial charge in [0.15, 0.2) is 5.96 Å². The van der Waals surface area contributed by atoms with Gasteiger partial charge in [-0.15, -0.1) is 11.3 Å². The lowest BCUT2D eigenvalue weighted by Gasteiger charge is -2.11. The molecule has 134 valence electrons. The van der Waals surface area contributed by atoms with Crippen LogP contribution in [-0.4, -0.2) is 36.1 Å². The first kappa shape index (κ1) is 17.9. The van der Waals surface area contributed by atoms with Crippen LogP contribution in [0.3, 0.4) is 0 Å². The molecule has 2 heterocycles. The topological polar surface area (TPSA) is 62.2 Å². The molecule has 0 amide bonds. The number of fused-ring (bicyclic) bond motifs is 1. The molecular formula is C19H27N5S. The van der Waals surface area contributed by atoms with Crippen molar-refractivity contribution in [3.8, 4) is 0 Å². The van der Waals surface area contributed by atoms with Crippen LogP contribution in [0.5, 0.6) is 0 Å². The van der Waals surface area contributed by atoms with Gasteiger partial charge in [-0.05, 0) is 44.2 Å². The quantitative estimate of drug-likeness (QED) is 0.454. The van der Waals surface area contributed by atoms with Crippen LogP contribution in [-0.2, 0) is 25.7 Å². The highest BCUT2D eigenvalue weighted by atomic mass is 32.1. The smallest absolute Gasteiger partial charge is 0.190 e. The summed E-state index contributed by atoms with van der Waals surface area (Å²) in [6, 6.07) is 6.01. The van der Waals surface area contributed by atoms with E-state index in [0.29, 0.717) is 0 Å². The van der Waals surface area contributed by atoms with Gasteiger partial charge in [0.25, 0.3) is 0 Å². The van der Waals surface area contributed by atoms with E-state index in [4.69, 9.17) is 4.98 Å². The zero-order chi connectivity index (χ0) is 17.3. The summed E-state index contributed by atoms with van der Waals surface area (Å²) in [6.45, 7) is 1.74. The number of pyridine rings is 1. The summed E-state index contributed by atoms with van der Waals surface area (Å²) in [5.41, 5.74) is 2.46. The SMILES string of the molecule is CN=C(NCCCc1nc2c(s1)CCCC2)NCCc1ccccn1. The van der Waals surface area contributed by atoms with Crippen molar-refractivity contribution >= 4 is 17.3 Å². The van der Waals surface area contributed by atoms with Crippen molar-refractivity contribution in [1.29, 1.82) is 0 Å². The molecule has 0 unspecified atom stereocenters. The molecule has 0 saturated heterocycles. The molecule has 2 N–H and O–H groups in total. The summed E-state index contributed by atoms with van der Waals surface area (Å²) >= 11 is 1.92. The molecule has 25 heavy (non-hydrogen) atoms. The van der Waals surface area contributed by atoms with Gasteiger partial charge < -0.3 is 10.6 Å². The number of nitrogens with zero attached hydrogens (tertiary/aromatic N) is 3. The predicted octanol–water partition coefficient (Wildman–Crippen LogP) is 2.76. The van der Waals surface area contributed by atoms with E-state index in [2.05, 4.69) is 20.6 Å². The number of rotatable bonds is 7. The lowest BCUT2D eigenvalue weighted by Crippen LogP contribution is -2.38. The van der Waals surface area contributed by atoms with Crippen LogP contribution in [0.15, 0.2) is 29.4 Å². The number of hydrogen-bond donors (Lipinski definition) is 2. The van der Waals surface area contributed by atoms with Crippen LogP contribution in [0.4, 0.5) is 0 Å². The van der Waals surface area contributed by atoms with Crippen molar-refractivity contribution in [2.24, 2.45) is 4.99 Å². The van der Waals surface area contributed by atoms with E-state index in [1.54, 1.807) is 0 Å². The third-order valence-electron chi connectivity index (χ3n) is 4.37. The fourth-order valence-electron chi connectivity index (χ4n) is 3.03. The number of thiazole rings is 1. The van der Waals surface area contributed by atoms with Gasteiger partial charge >= 0.3 is 0 Å². The van der Waals surface area contributed by atoms with E-state index in [0.717, 1.165) is 44.0 Å². The minimum Gasteiger partial charge on any atom is -0.356 e. The van der Waals surface area contributed by atoms with Gasteiger partial charge in [0, 0.05) is 49.7 Å². The van der Waals surface area contributed by atoms with Crippen molar-refractivity contribution in [1.82, 2.24) is 20.6 Å². The van der Waals surface area contributed by atoms with Gasteiger partial charge in [0.2, 0.25) is 0 Å². The molecule has 0 fully saturated rings. The Kier molecular flexibility index (Phi) is 6.79. The largest absolute Gasteiger partial charge is 0.356 e. The average molecular weight is 358 g/mol. The molecule has 3 rings (SSSR count). The molecule has 0 saturated carbocycles. The van der Waals surface area contributed by atoms with Crippen LogP contribution in [0.2, 0.25) is 0 Å². The molecule has 0 aliphatic heterocycles. The number of hydrogen-bond acceptors (Lipinski definition) is 4. The molecule has 0 bridgehead atoms. The molecular weight excluding hydrogens is 330 g/mol. The van der Waals surface area contributed by atoms with E-state index in [1.165, 1.54) is 41.3 Å². The lowest BCUT2D eigenvalue weighted by molar-refractivity contribution is 0.678. The highest BCUT2D eigenvalue weighted by Crippen LogP contribution is 2.27. The van der Waals surface area contributed by atoms with Gasteiger partial charge in [0.05, 0.1) is 10.7 Å². The predicted molar refractivity (Wildman–Crippen MR) is 104 cm³/mol. The second-order valence-electron chi connectivity index (χ2n) is 6.28. The fraction of sp³-hybridized carbons (Fsp3) is 0.526. The minimum absolute atomic E-state index is 0.829. The Balaban J connectivity index is 1.33. The number of aryl methyl sites for hydroxylation is 3. The molecule has 1 aliphatic rings. The summed E-state index contributed by atoms with van der Waals surface area (Å²) < 4.78 is 0. The Morgan fingerprint density at radius 1 is 1.16 bits per heavy atom. The van der Waals surface area contributed by atoms with E-state index >= 15 is 0 Å². The van der Waals surface area contributed by atoms with Crippen LogP contribution >= 0.6 is 11.3 Å². The summed E-state index contributed by atoms with van der Waals surface area (Å²) in [4.78, 5) is 14.9. The maximum Gasteiger partial charge on any atom is 0.190 e. The maximum atomic E-state index is 4.81. The Labute approximate surface area is 154 Å². The van der Waals surface area contributed by atoms with E-state index in [1.807, 2.05) is 42.8 Å². The molecule has 1 aliphatic carbocycles. The van der Waals surface area contributed by atoms with Crippen molar-refractivity contribution in [3.63, 3.8) is 0 Å². The van der Waals surface area contributed by atoms with Crippen LogP contribution < -0.4 is 10.6 Å². The fourth-order valence-corrected chi connectivity index (χ4v) is 4.23. The number of nitrogens with one attached hydrogen (secondary N) is 2. The molecule has 6 heteroatoms. The summed E-state index contributed by atoms with van der Waals surface area (Å²) in [6.07, 6.45) is 9.90. The van der Waals surface area contributed by atoms with Gasteiger partial charge in [-0.3, -0.25) is 9.98 Å². The van der Waals surface area contributed by atoms with Gasteiger partial charge in [-0.25, -0.2) is 4.98 Å². The van der Waals surface area contributed by atoms with Crippen molar-refractivity contribution in [3.05, 3.63) is 45.7 Å². The second-order valence-corrected chi connectivity index (χ2v) is 7.45. The molecule has 0 spiro atoms. The average Bonchev–Trinajstić information content (AvgIpc) is 3.07. The van der Waals surface area contributed by atoms with Gasteiger partial charge in [-0.1, -0.05) is 6.07 Å². The third-order valence-corrected chi connectivity index (χ3v) is 5.59. The highest BCUT2D eigenvalue weighted by Gasteiger charge is 2.14. The lowest BCUT2D eigenvalue weighted by atomic mass is 10.0. The summed E-state index contributed by atoms with van der Waals surface area (Å²) in [5, 5.41) is 8.02. The normalized spacial score (nSPS) is 14.2. The van der Waals surface area contributed by atoms with E-state index < -0.39 is 0 Å². The van der Waals surface area contributed by atoms with Crippen LogP contribution in [0, 0.1) is 0 Å². The monoisotopic (exact) mass is 357 g/mol. The third kappa shape index (κ3) is 5.53. The Morgan fingerprint density at radius 3 is 2.84 bits per heavy atom. The van der Waals surface area contributed by atoms with Crippen molar-refractivity contribution in [2.75, 3.05) is 20.1 Å². The molecule has 5 nitrogen and oxygen atoms in total. The first-order chi connectivity index (χ1) is 12.3. The van der Waals surface area contributed by atoms with Crippen LogP contribution in [0.25, 0.3) is 0 Å². The Bertz CT molecular complexity index is 657. The number of aromatic nitrogens is 2. The molecule has 2 aromatic rings. The number of guanidine groups is 1. The minimum atomic E-state index is 0.829. The number of aliphatic imine (C=N–C) groups is 1. The summed E-state index contributed by atoms with van der Waals surface area (Å²) in [7, 11) is 1.81. The van der Waals surface area contributed by atoms with Gasteiger partial charge in [0.1, 0.15) is 0 Å². The first-order valence-electron chi connectivity index (χ1n) is 9.17. The van der Waals surface area contributed by atoms with Gasteiger partial charge in [-0.2, -0.15) is 0 Å². The summed E-state index contributed by atoms with van der Waals surface area (Å²) in [5.74, 6) is 0.856. The highest BCUT2D eigenvalue weighted by molar-refractivity contribution is 7.11. The molecule has 2 aromatic heterocycles. The van der Waals surface area contributed by atoms with E-state index in [9.17, 15) is 0 Å². The van der Waals surface area contributed by atoms with Crippen LogP contribution in [0.1, 0.15) is 40.5 Å². The second kappa shape index (κ2) is 9.51. The molecule has 0 aromatic carbocycles. The zero-order valence-electron chi connectivity index (χ0n) is 14.9. The maximum absolute atomic E-state index is 4.81. The van der Waals surface area contributed by atoms with E-state index in [-0.39, 0.29) is 0 Å². The standard InChI is InChI=1S/C19H27N5S/c1-20-19(23-14-11-15-7-4-5-12-21-15)22-13-6-10-18-24-16-8-2-3-9-17(16)25-18/h4-5,7,12H,2-3,6,8-11,13-14H2,1H3,(H2,20,22,23). The Hall–Kier alpha value is -1.95. The zero-order valence-corrected chi connectivity index (χ0v) is 15.7. The molecule has 0 radical (unpaired) electrons. The molecule has 0 atom stereocenters. The van der Waals surface area contributed by atoms with Crippen molar-refractivity contribution < 1.29 is 0 Å².